The Morgan fingerprint density at radius 1 is 1.11 bits per heavy atom. The van der Waals surface area contributed by atoms with Gasteiger partial charge in [-0.1, -0.05) is 43.2 Å². The molecule has 19 heavy (non-hydrogen) atoms. The van der Waals surface area contributed by atoms with Gasteiger partial charge in [0.15, 0.2) is 0 Å². The second-order valence-corrected chi connectivity index (χ2v) is 5.04. The van der Waals surface area contributed by atoms with Gasteiger partial charge in [0.05, 0.1) is 11.8 Å². The number of benzene rings is 1. The predicted molar refractivity (Wildman–Crippen MR) is 71.4 cm³/mol. The monoisotopic (exact) mass is 261 g/mol. The summed E-state index contributed by atoms with van der Waals surface area (Å²) < 4.78 is 0. The van der Waals surface area contributed by atoms with Gasteiger partial charge in [0.25, 0.3) is 0 Å². The Morgan fingerprint density at radius 3 is 2.37 bits per heavy atom. The van der Waals surface area contributed by atoms with E-state index < -0.39 is 11.9 Å². The van der Waals surface area contributed by atoms with Crippen LogP contribution in [0.4, 0.5) is 0 Å². The Hall–Kier alpha value is -1.84. The second-order valence-electron chi connectivity index (χ2n) is 5.04. The molecule has 102 valence electrons. The number of amides is 1. The molecule has 0 aliphatic heterocycles. The van der Waals surface area contributed by atoms with Crippen LogP contribution in [0.25, 0.3) is 0 Å². The lowest BCUT2D eigenvalue weighted by molar-refractivity contribution is -0.148. The van der Waals surface area contributed by atoms with Gasteiger partial charge in [-0.15, -0.1) is 0 Å². The molecule has 0 radical (unpaired) electrons. The number of carboxylic acids is 1. The topological polar surface area (TPSA) is 66.4 Å². The number of hydrogen-bond donors (Lipinski definition) is 2. The normalized spacial score (nSPS) is 22.7. The van der Waals surface area contributed by atoms with E-state index in [0.29, 0.717) is 19.4 Å². The van der Waals surface area contributed by atoms with Crippen molar-refractivity contribution in [2.24, 2.45) is 11.8 Å². The Labute approximate surface area is 112 Å². The van der Waals surface area contributed by atoms with Crippen molar-refractivity contribution < 1.29 is 14.7 Å². The molecular weight excluding hydrogens is 242 g/mol. The minimum atomic E-state index is -0.848. The largest absolute Gasteiger partial charge is 0.481 e. The van der Waals surface area contributed by atoms with Crippen LogP contribution in [0.1, 0.15) is 31.2 Å². The molecule has 1 aromatic carbocycles. The van der Waals surface area contributed by atoms with Crippen molar-refractivity contribution in [3.63, 3.8) is 0 Å². The van der Waals surface area contributed by atoms with Crippen molar-refractivity contribution in [3.8, 4) is 0 Å². The summed E-state index contributed by atoms with van der Waals surface area (Å²) in [6, 6.07) is 9.64. The van der Waals surface area contributed by atoms with Crippen LogP contribution in [-0.2, 0) is 16.1 Å². The highest BCUT2D eigenvalue weighted by Crippen LogP contribution is 2.30. The number of carbonyl (C=O) groups excluding carboxylic acids is 1. The van der Waals surface area contributed by atoms with Crippen molar-refractivity contribution >= 4 is 11.9 Å². The standard InChI is InChI=1S/C15H19NO3/c17-14(16-10-11-6-2-1-3-7-11)12-8-4-5-9-13(12)15(18)19/h1-3,6-7,12-13H,4-5,8-10H2,(H,16,17)(H,18,19)/t12-,13+/m0/s1. The van der Waals surface area contributed by atoms with Gasteiger partial charge in [-0.25, -0.2) is 0 Å². The Kier molecular flexibility index (Phi) is 4.55. The Balaban J connectivity index is 1.93. The van der Waals surface area contributed by atoms with Crippen LogP contribution < -0.4 is 5.32 Å². The average Bonchev–Trinajstić information content (AvgIpc) is 2.46. The van der Waals surface area contributed by atoms with E-state index in [1.807, 2.05) is 30.3 Å². The van der Waals surface area contributed by atoms with E-state index in [2.05, 4.69) is 5.32 Å². The number of rotatable bonds is 4. The summed E-state index contributed by atoms with van der Waals surface area (Å²) in [5.41, 5.74) is 1.03. The first-order valence-corrected chi connectivity index (χ1v) is 6.73. The third-order valence-corrected chi connectivity index (χ3v) is 3.73. The van der Waals surface area contributed by atoms with Crippen LogP contribution in [0.3, 0.4) is 0 Å². The van der Waals surface area contributed by atoms with E-state index in [-0.39, 0.29) is 11.8 Å². The van der Waals surface area contributed by atoms with Crippen molar-refractivity contribution in [2.45, 2.75) is 32.2 Å². The molecule has 4 heteroatoms. The third kappa shape index (κ3) is 3.56. The lowest BCUT2D eigenvalue weighted by Gasteiger charge is -2.27. The summed E-state index contributed by atoms with van der Waals surface area (Å²) in [4.78, 5) is 23.3. The van der Waals surface area contributed by atoms with Gasteiger partial charge in [-0.05, 0) is 18.4 Å². The molecule has 1 aromatic rings. The number of hydrogen-bond acceptors (Lipinski definition) is 2. The molecule has 0 unspecified atom stereocenters. The van der Waals surface area contributed by atoms with Gasteiger partial charge < -0.3 is 10.4 Å². The smallest absolute Gasteiger partial charge is 0.307 e. The van der Waals surface area contributed by atoms with Crippen LogP contribution >= 0.6 is 0 Å². The number of nitrogens with one attached hydrogen (secondary N) is 1. The molecule has 0 aromatic heterocycles. The highest BCUT2D eigenvalue weighted by Gasteiger charge is 2.35. The molecule has 4 nitrogen and oxygen atoms in total. The van der Waals surface area contributed by atoms with E-state index in [4.69, 9.17) is 5.11 Å². The molecule has 1 saturated carbocycles. The fourth-order valence-electron chi connectivity index (χ4n) is 2.66. The zero-order valence-electron chi connectivity index (χ0n) is 10.8. The minimum Gasteiger partial charge on any atom is -0.481 e. The summed E-state index contributed by atoms with van der Waals surface area (Å²) in [6.45, 7) is 0.461. The lowest BCUT2D eigenvalue weighted by Crippen LogP contribution is -2.39. The molecule has 0 heterocycles. The zero-order valence-corrected chi connectivity index (χ0v) is 10.8. The molecule has 1 fully saturated rings. The van der Waals surface area contributed by atoms with Gasteiger partial charge in [0.1, 0.15) is 0 Å². The molecular formula is C15H19NO3. The summed E-state index contributed by atoms with van der Waals surface area (Å²) in [6.07, 6.45) is 3.13. The second kappa shape index (κ2) is 6.36. The summed E-state index contributed by atoms with van der Waals surface area (Å²) in [5, 5.41) is 12.0. The van der Waals surface area contributed by atoms with Crippen molar-refractivity contribution in [2.75, 3.05) is 0 Å². The average molecular weight is 261 g/mol. The van der Waals surface area contributed by atoms with Gasteiger partial charge in [0, 0.05) is 6.54 Å². The summed E-state index contributed by atoms with van der Waals surface area (Å²) in [7, 11) is 0. The first-order chi connectivity index (χ1) is 9.18. The number of carbonyl (C=O) groups is 2. The molecule has 2 N–H and O–H groups in total. The van der Waals surface area contributed by atoms with Gasteiger partial charge >= 0.3 is 5.97 Å². The molecule has 1 aliphatic rings. The van der Waals surface area contributed by atoms with Crippen LogP contribution in [0, 0.1) is 11.8 Å². The fraction of sp³-hybridized carbons (Fsp3) is 0.467. The molecule has 0 saturated heterocycles. The van der Waals surface area contributed by atoms with E-state index in [9.17, 15) is 9.59 Å². The van der Waals surface area contributed by atoms with Crippen molar-refractivity contribution in [1.29, 1.82) is 0 Å². The van der Waals surface area contributed by atoms with Gasteiger partial charge in [0.2, 0.25) is 5.91 Å². The molecule has 1 aliphatic carbocycles. The molecule has 2 rings (SSSR count). The molecule has 0 bridgehead atoms. The Bertz CT molecular complexity index is 444. The first kappa shape index (κ1) is 13.6. The first-order valence-electron chi connectivity index (χ1n) is 6.73. The molecule has 0 spiro atoms. The van der Waals surface area contributed by atoms with E-state index >= 15 is 0 Å². The molecule has 1 amide bonds. The van der Waals surface area contributed by atoms with E-state index in [1.54, 1.807) is 0 Å². The maximum absolute atomic E-state index is 12.1. The van der Waals surface area contributed by atoms with Crippen LogP contribution in [0.5, 0.6) is 0 Å². The van der Waals surface area contributed by atoms with Gasteiger partial charge in [-0.2, -0.15) is 0 Å². The zero-order chi connectivity index (χ0) is 13.7. The number of carboxylic acid groups (broad SMARTS) is 1. The molecule has 2 atom stereocenters. The SMILES string of the molecule is O=C(NCc1ccccc1)[C@H]1CCCC[C@H]1C(=O)O. The quantitative estimate of drug-likeness (QED) is 0.873. The van der Waals surface area contributed by atoms with Crippen LogP contribution in [-0.4, -0.2) is 17.0 Å². The van der Waals surface area contributed by atoms with E-state index in [0.717, 1.165) is 18.4 Å². The third-order valence-electron chi connectivity index (χ3n) is 3.73. The van der Waals surface area contributed by atoms with Crippen LogP contribution in [0.2, 0.25) is 0 Å². The lowest BCUT2D eigenvalue weighted by atomic mass is 9.78. The van der Waals surface area contributed by atoms with E-state index in [1.165, 1.54) is 0 Å². The maximum Gasteiger partial charge on any atom is 0.307 e. The predicted octanol–water partition coefficient (Wildman–Crippen LogP) is 2.19. The van der Waals surface area contributed by atoms with Crippen molar-refractivity contribution in [1.82, 2.24) is 5.32 Å². The van der Waals surface area contributed by atoms with Gasteiger partial charge in [-0.3, -0.25) is 9.59 Å². The highest BCUT2D eigenvalue weighted by atomic mass is 16.4. The van der Waals surface area contributed by atoms with Crippen molar-refractivity contribution in [3.05, 3.63) is 35.9 Å². The minimum absolute atomic E-state index is 0.129. The Morgan fingerprint density at radius 2 is 1.74 bits per heavy atom. The fourth-order valence-corrected chi connectivity index (χ4v) is 2.66. The highest BCUT2D eigenvalue weighted by molar-refractivity contribution is 5.84. The van der Waals surface area contributed by atoms with Crippen LogP contribution in [0.15, 0.2) is 30.3 Å². The summed E-state index contributed by atoms with van der Waals surface area (Å²) in [5.74, 6) is -1.88. The maximum atomic E-state index is 12.1. The summed E-state index contributed by atoms with van der Waals surface area (Å²) >= 11 is 0. The number of aliphatic carboxylic acids is 1.